The van der Waals surface area contributed by atoms with Crippen LogP contribution in [0, 0.1) is 0 Å². The van der Waals surface area contributed by atoms with E-state index in [1.165, 1.54) is 0 Å². The lowest BCUT2D eigenvalue weighted by molar-refractivity contribution is -0.0503. The van der Waals surface area contributed by atoms with Gasteiger partial charge in [0.15, 0.2) is 17.7 Å². The molecule has 0 bridgehead atoms. The maximum Gasteiger partial charge on any atom is 0.490 e. The summed E-state index contributed by atoms with van der Waals surface area (Å²) in [4.78, 5) is 47.2. The number of anilines is 1. The predicted octanol–water partition coefficient (Wildman–Crippen LogP) is -0.976. The van der Waals surface area contributed by atoms with Crippen molar-refractivity contribution in [2.24, 2.45) is 0 Å². The molecule has 0 spiro atoms. The Morgan fingerprint density at radius 2 is 1.75 bits per heavy atom. The number of rotatable bonds is 8. The number of phosphoric acid groups is 3. The van der Waals surface area contributed by atoms with Gasteiger partial charge in [-0.1, -0.05) is 0 Å². The molecule has 2 aromatic rings. The molecular weight excluding hydrogens is 527 g/mol. The largest absolute Gasteiger partial charge is 0.490 e. The Kier molecular flexibility index (Phi) is 7.14. The molecule has 1 aliphatic heterocycles. The van der Waals surface area contributed by atoms with E-state index >= 15 is 0 Å². The number of aromatic nitrogens is 4. The van der Waals surface area contributed by atoms with Gasteiger partial charge in [0, 0.05) is 0 Å². The number of nitrogens with two attached hydrogens (primary N) is 1. The van der Waals surface area contributed by atoms with Gasteiger partial charge >= 0.3 is 23.5 Å². The van der Waals surface area contributed by atoms with E-state index in [4.69, 9.17) is 36.8 Å². The molecule has 18 nitrogen and oxygen atoms in total. The summed E-state index contributed by atoms with van der Waals surface area (Å²) in [5, 5.41) is 20.2. The Bertz CT molecular complexity index is 1160. The summed E-state index contributed by atoms with van der Waals surface area (Å²) in [7, 11) is -16.7. The molecule has 4 unspecified atom stereocenters. The predicted molar refractivity (Wildman–Crippen MR) is 100 cm³/mol. The van der Waals surface area contributed by atoms with Crippen LogP contribution in [0.4, 0.5) is 5.82 Å². The van der Waals surface area contributed by atoms with Crippen molar-refractivity contribution >= 4 is 52.1 Å². The smallest absolute Gasteiger partial charge is 0.387 e. The van der Waals surface area contributed by atoms with Crippen LogP contribution in [0.3, 0.4) is 0 Å². The van der Waals surface area contributed by atoms with Gasteiger partial charge in [-0.05, 0) is 11.6 Å². The molecule has 0 radical (unpaired) electrons. The van der Waals surface area contributed by atoms with Crippen molar-refractivity contribution in [1.82, 2.24) is 19.5 Å². The fourth-order valence-corrected chi connectivity index (χ4v) is 5.87. The van der Waals surface area contributed by atoms with Gasteiger partial charge in [0.25, 0.3) is 0 Å². The first kappa shape index (κ1) is 25.6. The minimum absolute atomic E-state index is 0.0345. The van der Waals surface area contributed by atoms with Crippen molar-refractivity contribution in [2.45, 2.75) is 24.5 Å². The van der Waals surface area contributed by atoms with Crippen LogP contribution in [-0.4, -0.2) is 74.2 Å². The number of phosphoric ester groups is 1. The third-order valence-corrected chi connectivity index (χ3v) is 7.82. The molecule has 32 heavy (non-hydrogen) atoms. The summed E-state index contributed by atoms with van der Waals surface area (Å²) >= 11 is 5.75. The second kappa shape index (κ2) is 8.94. The number of nitrogens with zero attached hydrogens (tertiary/aromatic N) is 4. The minimum atomic E-state index is -5.72. The Morgan fingerprint density at radius 1 is 1.09 bits per heavy atom. The van der Waals surface area contributed by atoms with Crippen LogP contribution in [-0.2, 0) is 31.6 Å². The SMILES string of the molecule is Nc1nc(Cl)nc2c1ncn2[C@@H]1O[C@H](COP(=O)(O)OP(=O)(O)OP(=O)(O)O)C(O)C1O. The van der Waals surface area contributed by atoms with Gasteiger partial charge in [-0.3, -0.25) is 9.09 Å². The Balaban J connectivity index is 1.72. The minimum Gasteiger partial charge on any atom is -0.387 e. The molecule has 180 valence electrons. The number of hydrogen-bond acceptors (Lipinski definition) is 13. The molecule has 22 heteroatoms. The first-order valence-corrected chi connectivity index (χ1v) is 12.9. The average molecular weight is 542 g/mol. The molecular formula is C10H15ClN5O13P3. The van der Waals surface area contributed by atoms with Crippen molar-refractivity contribution in [3.8, 4) is 0 Å². The molecule has 6 atom stereocenters. The Hall–Kier alpha value is -1.07. The summed E-state index contributed by atoms with van der Waals surface area (Å²) in [6, 6.07) is 0. The lowest BCUT2D eigenvalue weighted by atomic mass is 10.1. The lowest BCUT2D eigenvalue weighted by Gasteiger charge is -2.19. The highest BCUT2D eigenvalue weighted by molar-refractivity contribution is 7.66. The molecule has 1 aliphatic rings. The van der Waals surface area contributed by atoms with Crippen molar-refractivity contribution < 1.29 is 61.4 Å². The number of aliphatic hydroxyl groups is 2. The molecule has 1 fully saturated rings. The number of fused-ring (bicyclic) bond motifs is 1. The van der Waals surface area contributed by atoms with Gasteiger partial charge in [-0.2, -0.15) is 18.6 Å². The number of hydrogen-bond donors (Lipinski definition) is 7. The zero-order chi connectivity index (χ0) is 24.1. The molecule has 2 aromatic heterocycles. The molecule has 0 aromatic carbocycles. The Morgan fingerprint density at radius 3 is 2.38 bits per heavy atom. The molecule has 3 rings (SSSR count). The van der Waals surface area contributed by atoms with Crippen molar-refractivity contribution in [1.29, 1.82) is 0 Å². The standard InChI is InChI=1S/C10H15ClN5O13P3/c11-10-14-7(12)4-8(15-10)16(2-13-4)9-6(18)5(17)3(27-9)1-26-31(22,23)29-32(24,25)28-30(19,20)21/h2-3,5-6,9,17-18H,1H2,(H,22,23)(H,24,25)(H2,12,14,15)(H2,19,20,21)/t3-,5?,6?,9-/m1/s1. The lowest BCUT2D eigenvalue weighted by Crippen LogP contribution is -2.33. The highest BCUT2D eigenvalue weighted by Crippen LogP contribution is 2.66. The van der Waals surface area contributed by atoms with E-state index in [-0.39, 0.29) is 22.3 Å². The van der Waals surface area contributed by atoms with Gasteiger partial charge < -0.3 is 40.3 Å². The van der Waals surface area contributed by atoms with Crippen LogP contribution in [0.5, 0.6) is 0 Å². The highest BCUT2D eigenvalue weighted by atomic mass is 35.5. The van der Waals surface area contributed by atoms with Crippen LogP contribution >= 0.6 is 35.1 Å². The zero-order valence-electron chi connectivity index (χ0n) is 15.2. The van der Waals surface area contributed by atoms with E-state index in [1.807, 2.05) is 0 Å². The van der Waals surface area contributed by atoms with Crippen molar-refractivity contribution in [3.63, 3.8) is 0 Å². The number of imidazole rings is 1. The maximum atomic E-state index is 11.8. The maximum absolute atomic E-state index is 11.8. The number of ether oxygens (including phenoxy) is 1. The quantitative estimate of drug-likeness (QED) is 0.156. The molecule has 0 amide bonds. The van der Waals surface area contributed by atoms with E-state index < -0.39 is 54.6 Å². The second-order valence-electron chi connectivity index (χ2n) is 6.13. The monoisotopic (exact) mass is 541 g/mol. The third kappa shape index (κ3) is 5.88. The highest BCUT2D eigenvalue weighted by Gasteiger charge is 2.47. The van der Waals surface area contributed by atoms with Crippen LogP contribution in [0.2, 0.25) is 5.28 Å². The van der Waals surface area contributed by atoms with Crippen molar-refractivity contribution in [2.75, 3.05) is 12.3 Å². The van der Waals surface area contributed by atoms with Crippen LogP contribution < -0.4 is 5.73 Å². The van der Waals surface area contributed by atoms with Gasteiger partial charge in [0.1, 0.15) is 23.8 Å². The van der Waals surface area contributed by atoms with E-state index in [1.54, 1.807) is 0 Å². The van der Waals surface area contributed by atoms with Crippen LogP contribution in [0.1, 0.15) is 6.23 Å². The average Bonchev–Trinajstić information content (AvgIpc) is 3.12. The van der Waals surface area contributed by atoms with Gasteiger partial charge in [0.05, 0.1) is 12.9 Å². The molecule has 0 saturated carbocycles. The number of nitrogen functional groups attached to an aromatic ring is 1. The van der Waals surface area contributed by atoms with E-state index in [2.05, 4.69) is 28.1 Å². The summed E-state index contributed by atoms with van der Waals surface area (Å²) < 4.78 is 51.9. The fraction of sp³-hybridized carbons (Fsp3) is 0.500. The van der Waals surface area contributed by atoms with Crippen molar-refractivity contribution in [3.05, 3.63) is 11.6 Å². The fourth-order valence-electron chi connectivity index (χ4n) is 2.66. The summed E-state index contributed by atoms with van der Waals surface area (Å²) in [5.74, 6) is -0.0732. The van der Waals surface area contributed by atoms with E-state index in [0.29, 0.717) is 0 Å². The van der Waals surface area contributed by atoms with E-state index in [0.717, 1.165) is 10.9 Å². The number of halogens is 1. The zero-order valence-corrected chi connectivity index (χ0v) is 18.7. The van der Waals surface area contributed by atoms with Gasteiger partial charge in [-0.15, -0.1) is 0 Å². The summed E-state index contributed by atoms with van der Waals surface area (Å²) in [6.45, 7) is -0.983. The van der Waals surface area contributed by atoms with Crippen LogP contribution in [0.25, 0.3) is 11.2 Å². The first-order valence-electron chi connectivity index (χ1n) is 8.04. The molecule has 8 N–H and O–H groups in total. The normalized spacial score (nSPS) is 28.0. The molecule has 3 heterocycles. The number of aliphatic hydroxyl groups excluding tert-OH is 2. The Labute approximate surface area is 182 Å². The van der Waals surface area contributed by atoms with Gasteiger partial charge in [-0.25, -0.2) is 18.7 Å². The second-order valence-corrected chi connectivity index (χ2v) is 10.9. The first-order chi connectivity index (χ1) is 14.6. The van der Waals surface area contributed by atoms with Crippen LogP contribution in [0.15, 0.2) is 6.33 Å². The molecule has 1 saturated heterocycles. The molecule has 0 aliphatic carbocycles. The summed E-state index contributed by atoms with van der Waals surface area (Å²) in [5.41, 5.74) is 5.83. The van der Waals surface area contributed by atoms with Gasteiger partial charge in [0.2, 0.25) is 5.28 Å². The topological polar surface area (TPSA) is 279 Å². The summed E-state index contributed by atoms with van der Waals surface area (Å²) in [6.07, 6.45) is -5.05. The van der Waals surface area contributed by atoms with E-state index in [9.17, 15) is 28.8 Å². The third-order valence-electron chi connectivity index (χ3n) is 3.85.